The maximum atomic E-state index is 13.4. The number of hydrogen-bond donors (Lipinski definition) is 1. The number of non-ortho nitro benzene ring substituents is 1. The van der Waals surface area contributed by atoms with Crippen LogP contribution in [0.5, 0.6) is 0 Å². The monoisotopic (exact) mass is 210 g/mol. The molecule has 2 rings (SSSR count). The molecule has 1 heterocycles. The van der Waals surface area contributed by atoms with E-state index in [0.29, 0.717) is 17.9 Å². The highest BCUT2D eigenvalue weighted by atomic mass is 19.1. The Labute approximate surface area is 86.3 Å². The fourth-order valence-corrected chi connectivity index (χ4v) is 1.62. The molecule has 0 unspecified atom stereocenters. The lowest BCUT2D eigenvalue weighted by Crippen LogP contribution is -2.43. The topological polar surface area (TPSA) is 55.2 Å². The largest absolute Gasteiger partial charge is 0.316 e. The van der Waals surface area contributed by atoms with E-state index in [1.54, 1.807) is 0 Å². The Morgan fingerprint density at radius 3 is 2.73 bits per heavy atom. The van der Waals surface area contributed by atoms with Crippen LogP contribution in [0.25, 0.3) is 0 Å². The van der Waals surface area contributed by atoms with Gasteiger partial charge in [0.05, 0.1) is 11.0 Å². The van der Waals surface area contributed by atoms with Crippen LogP contribution in [0.1, 0.15) is 5.56 Å². The van der Waals surface area contributed by atoms with Gasteiger partial charge in [0.25, 0.3) is 5.69 Å². The zero-order valence-corrected chi connectivity index (χ0v) is 8.07. The smallest absolute Gasteiger partial charge is 0.272 e. The van der Waals surface area contributed by atoms with Crippen molar-refractivity contribution in [1.82, 2.24) is 5.32 Å². The summed E-state index contributed by atoms with van der Waals surface area (Å²) >= 11 is 0. The lowest BCUT2D eigenvalue weighted by molar-refractivity contribution is -0.385. The van der Waals surface area contributed by atoms with E-state index in [0.717, 1.165) is 19.2 Å². The minimum absolute atomic E-state index is 0.192. The normalized spacial score (nSPS) is 16.1. The van der Waals surface area contributed by atoms with Gasteiger partial charge < -0.3 is 5.32 Å². The van der Waals surface area contributed by atoms with E-state index >= 15 is 0 Å². The highest BCUT2D eigenvalue weighted by molar-refractivity contribution is 5.34. The predicted octanol–water partition coefficient (Wildman–Crippen LogP) is 1.50. The molecular weight excluding hydrogens is 199 g/mol. The van der Waals surface area contributed by atoms with E-state index in [2.05, 4.69) is 5.32 Å². The van der Waals surface area contributed by atoms with Gasteiger partial charge in [-0.15, -0.1) is 0 Å². The van der Waals surface area contributed by atoms with E-state index in [1.165, 1.54) is 12.1 Å². The predicted molar refractivity (Wildman–Crippen MR) is 53.1 cm³/mol. The van der Waals surface area contributed by atoms with Gasteiger partial charge in [-0.3, -0.25) is 10.1 Å². The number of hydrogen-bond acceptors (Lipinski definition) is 3. The maximum absolute atomic E-state index is 13.4. The van der Waals surface area contributed by atoms with Crippen molar-refractivity contribution in [2.75, 3.05) is 13.1 Å². The van der Waals surface area contributed by atoms with Crippen LogP contribution in [-0.2, 0) is 6.42 Å². The Balaban J connectivity index is 2.14. The van der Waals surface area contributed by atoms with Gasteiger partial charge in [-0.05, 0) is 37.1 Å². The van der Waals surface area contributed by atoms with E-state index in [1.807, 2.05) is 0 Å². The van der Waals surface area contributed by atoms with Gasteiger partial charge in [-0.1, -0.05) is 0 Å². The lowest BCUT2D eigenvalue weighted by atomic mass is 9.94. The highest BCUT2D eigenvalue weighted by Gasteiger charge is 2.19. The van der Waals surface area contributed by atoms with Crippen molar-refractivity contribution in [3.05, 3.63) is 39.7 Å². The molecule has 1 aromatic rings. The quantitative estimate of drug-likeness (QED) is 0.607. The lowest BCUT2D eigenvalue weighted by Gasteiger charge is -2.27. The third-order valence-corrected chi connectivity index (χ3v) is 2.62. The summed E-state index contributed by atoms with van der Waals surface area (Å²) in [6.45, 7) is 1.80. The van der Waals surface area contributed by atoms with Gasteiger partial charge in [-0.2, -0.15) is 0 Å². The Bertz CT molecular complexity index is 391. The number of halogens is 1. The van der Waals surface area contributed by atoms with Gasteiger partial charge >= 0.3 is 0 Å². The minimum atomic E-state index is -0.586. The number of nitrogens with zero attached hydrogens (tertiary/aromatic N) is 1. The second-order valence-corrected chi connectivity index (χ2v) is 3.76. The standard InChI is InChI=1S/C10H11FN2O2/c11-10-4-9(13(14)15)2-1-8(10)3-7-5-12-6-7/h1-2,4,7,12H,3,5-6H2. The second kappa shape index (κ2) is 3.94. The number of nitro groups is 1. The minimum Gasteiger partial charge on any atom is -0.316 e. The van der Waals surface area contributed by atoms with Crippen molar-refractivity contribution in [3.63, 3.8) is 0 Å². The average molecular weight is 210 g/mol. The van der Waals surface area contributed by atoms with E-state index in [-0.39, 0.29) is 5.69 Å². The van der Waals surface area contributed by atoms with Crippen LogP contribution < -0.4 is 5.32 Å². The van der Waals surface area contributed by atoms with Crippen molar-refractivity contribution in [3.8, 4) is 0 Å². The summed E-state index contributed by atoms with van der Waals surface area (Å²) in [4.78, 5) is 9.80. The summed E-state index contributed by atoms with van der Waals surface area (Å²) in [6, 6.07) is 3.84. The molecule has 1 N–H and O–H groups in total. The first-order chi connectivity index (χ1) is 7.16. The Morgan fingerprint density at radius 2 is 2.27 bits per heavy atom. The second-order valence-electron chi connectivity index (χ2n) is 3.76. The molecule has 0 saturated carbocycles. The zero-order chi connectivity index (χ0) is 10.8. The van der Waals surface area contributed by atoms with Gasteiger partial charge in [0, 0.05) is 6.07 Å². The van der Waals surface area contributed by atoms with Gasteiger partial charge in [0.2, 0.25) is 0 Å². The third kappa shape index (κ3) is 2.12. The zero-order valence-electron chi connectivity index (χ0n) is 8.07. The van der Waals surface area contributed by atoms with Crippen LogP contribution in [0.4, 0.5) is 10.1 Å². The molecule has 0 radical (unpaired) electrons. The molecular formula is C10H11FN2O2. The van der Waals surface area contributed by atoms with Crippen molar-refractivity contribution in [2.24, 2.45) is 5.92 Å². The first-order valence-corrected chi connectivity index (χ1v) is 4.80. The van der Waals surface area contributed by atoms with Crippen molar-refractivity contribution < 1.29 is 9.31 Å². The molecule has 1 aliphatic heterocycles. The van der Waals surface area contributed by atoms with E-state index in [4.69, 9.17) is 0 Å². The van der Waals surface area contributed by atoms with Crippen LogP contribution >= 0.6 is 0 Å². The molecule has 1 aromatic carbocycles. The van der Waals surface area contributed by atoms with Crippen LogP contribution in [0, 0.1) is 21.8 Å². The Morgan fingerprint density at radius 1 is 1.53 bits per heavy atom. The number of nitrogens with one attached hydrogen (secondary N) is 1. The van der Waals surface area contributed by atoms with E-state index in [9.17, 15) is 14.5 Å². The number of rotatable bonds is 3. The SMILES string of the molecule is O=[N+]([O-])c1ccc(CC2CNC2)c(F)c1. The summed E-state index contributed by atoms with van der Waals surface area (Å²) in [5.41, 5.74) is 0.370. The van der Waals surface area contributed by atoms with Crippen LogP contribution in [0.3, 0.4) is 0 Å². The van der Waals surface area contributed by atoms with Crippen LogP contribution in [0.15, 0.2) is 18.2 Å². The molecule has 5 heteroatoms. The summed E-state index contributed by atoms with van der Waals surface area (Å²) in [7, 11) is 0. The summed E-state index contributed by atoms with van der Waals surface area (Å²) < 4.78 is 13.4. The van der Waals surface area contributed by atoms with Crippen LogP contribution in [-0.4, -0.2) is 18.0 Å². The molecule has 0 amide bonds. The molecule has 0 atom stereocenters. The van der Waals surface area contributed by atoms with Crippen LogP contribution in [0.2, 0.25) is 0 Å². The molecule has 80 valence electrons. The Kier molecular flexibility index (Phi) is 2.64. The first-order valence-electron chi connectivity index (χ1n) is 4.80. The summed E-state index contributed by atoms with van der Waals surface area (Å²) in [5.74, 6) is -0.0166. The molecule has 0 aromatic heterocycles. The molecule has 15 heavy (non-hydrogen) atoms. The number of benzene rings is 1. The van der Waals surface area contributed by atoms with E-state index < -0.39 is 10.7 Å². The molecule has 0 spiro atoms. The summed E-state index contributed by atoms with van der Waals surface area (Å²) in [6.07, 6.45) is 0.650. The molecule has 0 bridgehead atoms. The molecule has 0 aliphatic carbocycles. The van der Waals surface area contributed by atoms with Gasteiger partial charge in [0.15, 0.2) is 0 Å². The van der Waals surface area contributed by atoms with Gasteiger partial charge in [0.1, 0.15) is 5.82 Å². The molecule has 1 fully saturated rings. The molecule has 1 saturated heterocycles. The fraction of sp³-hybridized carbons (Fsp3) is 0.400. The summed E-state index contributed by atoms with van der Waals surface area (Å²) in [5, 5.41) is 13.5. The van der Waals surface area contributed by atoms with Crippen molar-refractivity contribution in [2.45, 2.75) is 6.42 Å². The third-order valence-electron chi connectivity index (χ3n) is 2.62. The molecule has 4 nitrogen and oxygen atoms in total. The Hall–Kier alpha value is -1.49. The highest BCUT2D eigenvalue weighted by Crippen LogP contribution is 2.20. The van der Waals surface area contributed by atoms with Crippen molar-refractivity contribution in [1.29, 1.82) is 0 Å². The fourth-order valence-electron chi connectivity index (χ4n) is 1.62. The maximum Gasteiger partial charge on any atom is 0.272 e. The molecule has 1 aliphatic rings. The average Bonchev–Trinajstić information content (AvgIpc) is 2.12. The number of nitro benzene ring substituents is 1. The van der Waals surface area contributed by atoms with Crippen molar-refractivity contribution >= 4 is 5.69 Å². The van der Waals surface area contributed by atoms with Gasteiger partial charge in [-0.25, -0.2) is 4.39 Å². The first kappa shape index (κ1) is 10.0.